The summed E-state index contributed by atoms with van der Waals surface area (Å²) in [5, 5.41) is 2.33. The van der Waals surface area contributed by atoms with Crippen LogP contribution in [-0.2, 0) is 14.3 Å². The van der Waals surface area contributed by atoms with Crippen molar-refractivity contribution in [2.75, 3.05) is 26.0 Å². The van der Waals surface area contributed by atoms with Crippen LogP contribution in [-0.4, -0.2) is 32.1 Å². The second-order valence-electron chi connectivity index (χ2n) is 3.20. The lowest BCUT2D eigenvalue weighted by Gasteiger charge is -2.06. The maximum absolute atomic E-state index is 11.2. The average Bonchev–Trinajstić information content (AvgIpc) is 2.33. The number of carbonyl (C=O) groups excluding carboxylic acids is 2. The van der Waals surface area contributed by atoms with Crippen molar-refractivity contribution in [3.63, 3.8) is 0 Å². The van der Waals surface area contributed by atoms with Gasteiger partial charge < -0.3 is 20.5 Å². The molecule has 17 heavy (non-hydrogen) atoms. The first kappa shape index (κ1) is 12.8. The third-order valence-corrected chi connectivity index (χ3v) is 1.86. The molecule has 0 spiro atoms. The molecule has 1 rings (SSSR count). The fourth-order valence-electron chi connectivity index (χ4n) is 1.01. The van der Waals surface area contributed by atoms with Crippen LogP contribution in [0.2, 0.25) is 0 Å². The molecule has 0 atom stereocenters. The van der Waals surface area contributed by atoms with E-state index in [1.807, 2.05) is 0 Å². The third kappa shape index (κ3) is 4.87. The van der Waals surface area contributed by atoms with Crippen molar-refractivity contribution in [1.82, 2.24) is 5.32 Å². The number of amides is 1. The van der Waals surface area contributed by atoms with Crippen LogP contribution in [0.3, 0.4) is 0 Å². The molecule has 3 N–H and O–H groups in total. The Morgan fingerprint density at radius 2 is 2.12 bits per heavy atom. The number of nitrogens with one attached hydrogen (secondary N) is 1. The highest BCUT2D eigenvalue weighted by atomic mass is 16.6. The second kappa shape index (κ2) is 6.37. The van der Waals surface area contributed by atoms with Crippen molar-refractivity contribution in [3.05, 3.63) is 24.3 Å². The predicted molar refractivity (Wildman–Crippen MR) is 61.4 cm³/mol. The first-order chi connectivity index (χ1) is 8.11. The van der Waals surface area contributed by atoms with Crippen molar-refractivity contribution in [2.45, 2.75) is 0 Å². The van der Waals surface area contributed by atoms with Crippen molar-refractivity contribution in [1.29, 1.82) is 0 Å². The van der Waals surface area contributed by atoms with Gasteiger partial charge in [0, 0.05) is 18.8 Å². The highest BCUT2D eigenvalue weighted by molar-refractivity contribution is 5.80. The van der Waals surface area contributed by atoms with Gasteiger partial charge in [-0.1, -0.05) is 6.07 Å². The molecule has 6 heteroatoms. The van der Waals surface area contributed by atoms with Gasteiger partial charge in [-0.2, -0.15) is 0 Å². The quantitative estimate of drug-likeness (QED) is 0.554. The first-order valence-corrected chi connectivity index (χ1v) is 4.96. The highest BCUT2D eigenvalue weighted by Gasteiger charge is 2.07. The number of carbonyl (C=O) groups is 2. The Balaban J connectivity index is 2.31. The summed E-state index contributed by atoms with van der Waals surface area (Å²) in [5.74, 6) is -0.514. The van der Waals surface area contributed by atoms with Gasteiger partial charge in [0.1, 0.15) is 5.75 Å². The van der Waals surface area contributed by atoms with Crippen LogP contribution in [0.25, 0.3) is 0 Å². The average molecular weight is 238 g/mol. The molecule has 92 valence electrons. The molecule has 1 amide bonds. The van der Waals surface area contributed by atoms with E-state index in [-0.39, 0.29) is 19.1 Å². The van der Waals surface area contributed by atoms with Crippen LogP contribution < -0.4 is 15.8 Å². The molecular formula is C11H14N2O4. The number of benzene rings is 1. The molecule has 1 aromatic carbocycles. The number of hydrogen-bond acceptors (Lipinski definition) is 5. The molecule has 0 unspecified atom stereocenters. The van der Waals surface area contributed by atoms with Crippen LogP contribution in [0.5, 0.6) is 5.75 Å². The summed E-state index contributed by atoms with van der Waals surface area (Å²) in [7, 11) is 1.46. The number of nitrogens with two attached hydrogens (primary N) is 1. The molecule has 0 saturated heterocycles. The molecule has 0 aliphatic carbocycles. The van der Waals surface area contributed by atoms with Crippen molar-refractivity contribution < 1.29 is 19.1 Å². The molecule has 0 radical (unpaired) electrons. The zero-order valence-corrected chi connectivity index (χ0v) is 9.43. The van der Waals surface area contributed by atoms with Gasteiger partial charge in [-0.15, -0.1) is 0 Å². The molecular weight excluding hydrogens is 224 g/mol. The number of nitrogen functional groups attached to an aromatic ring is 1. The van der Waals surface area contributed by atoms with E-state index >= 15 is 0 Å². The Kier molecular flexibility index (Phi) is 4.80. The summed E-state index contributed by atoms with van der Waals surface area (Å²) in [4.78, 5) is 22.0. The molecule has 0 aromatic heterocycles. The van der Waals surface area contributed by atoms with Gasteiger partial charge in [-0.25, -0.2) is 4.79 Å². The number of esters is 1. The molecule has 6 nitrogen and oxygen atoms in total. The van der Waals surface area contributed by atoms with E-state index < -0.39 is 5.97 Å². The smallest absolute Gasteiger partial charge is 0.344 e. The zero-order chi connectivity index (χ0) is 12.7. The topological polar surface area (TPSA) is 90.6 Å². The fraction of sp³-hybridized carbons (Fsp3) is 0.273. The lowest BCUT2D eigenvalue weighted by molar-refractivity contribution is -0.150. The van der Waals surface area contributed by atoms with Crippen LogP contribution in [0, 0.1) is 0 Å². The van der Waals surface area contributed by atoms with Gasteiger partial charge in [0.15, 0.2) is 13.2 Å². The maximum atomic E-state index is 11.2. The van der Waals surface area contributed by atoms with E-state index in [4.69, 9.17) is 10.5 Å². The zero-order valence-electron chi connectivity index (χ0n) is 9.43. The number of hydrogen-bond donors (Lipinski definition) is 2. The van der Waals surface area contributed by atoms with Crippen molar-refractivity contribution in [3.8, 4) is 5.75 Å². The van der Waals surface area contributed by atoms with E-state index in [1.165, 1.54) is 7.05 Å². The fourth-order valence-corrected chi connectivity index (χ4v) is 1.01. The summed E-state index contributed by atoms with van der Waals surface area (Å²) >= 11 is 0. The molecule has 0 aliphatic heterocycles. The Morgan fingerprint density at radius 3 is 2.76 bits per heavy atom. The normalized spacial score (nSPS) is 9.47. The molecule has 0 fully saturated rings. The number of ether oxygens (including phenoxy) is 2. The van der Waals surface area contributed by atoms with Crippen LogP contribution in [0.15, 0.2) is 24.3 Å². The van der Waals surface area contributed by atoms with E-state index in [2.05, 4.69) is 10.1 Å². The van der Waals surface area contributed by atoms with Crippen molar-refractivity contribution in [2.24, 2.45) is 0 Å². The summed E-state index contributed by atoms with van der Waals surface area (Å²) in [6.07, 6.45) is 0. The Hall–Kier alpha value is -2.24. The summed E-state index contributed by atoms with van der Waals surface area (Å²) in [6, 6.07) is 6.67. The summed E-state index contributed by atoms with van der Waals surface area (Å²) in [6.45, 7) is -0.573. The largest absolute Gasteiger partial charge is 0.482 e. The van der Waals surface area contributed by atoms with Crippen LogP contribution in [0.1, 0.15) is 0 Å². The van der Waals surface area contributed by atoms with E-state index in [0.717, 1.165) is 0 Å². The number of likely N-dealkylation sites (N-methyl/N-ethyl adjacent to an activating group) is 1. The Morgan fingerprint density at radius 1 is 1.35 bits per heavy atom. The van der Waals surface area contributed by atoms with Gasteiger partial charge in [0.05, 0.1) is 0 Å². The highest BCUT2D eigenvalue weighted by Crippen LogP contribution is 2.14. The standard InChI is InChI=1S/C11H14N2O4/c1-13-10(14)6-17-11(15)7-16-9-4-2-3-8(12)5-9/h2-5H,6-7,12H2,1H3,(H,13,14). The number of rotatable bonds is 5. The summed E-state index contributed by atoms with van der Waals surface area (Å²) < 4.78 is 9.77. The van der Waals surface area contributed by atoms with Gasteiger partial charge >= 0.3 is 5.97 Å². The predicted octanol–water partition coefficient (Wildman–Crippen LogP) is -0.0632. The maximum Gasteiger partial charge on any atom is 0.344 e. The molecule has 0 aliphatic rings. The van der Waals surface area contributed by atoms with Gasteiger partial charge in [-0.3, -0.25) is 4.79 Å². The lowest BCUT2D eigenvalue weighted by atomic mass is 10.3. The molecule has 1 aromatic rings. The van der Waals surface area contributed by atoms with Gasteiger partial charge in [-0.05, 0) is 12.1 Å². The molecule has 0 bridgehead atoms. The minimum atomic E-state index is -0.615. The van der Waals surface area contributed by atoms with E-state index in [1.54, 1.807) is 24.3 Å². The Bertz CT molecular complexity index is 406. The lowest BCUT2D eigenvalue weighted by Crippen LogP contribution is -2.26. The Labute approximate surface area is 98.7 Å². The number of anilines is 1. The monoisotopic (exact) mass is 238 g/mol. The molecule has 0 heterocycles. The van der Waals surface area contributed by atoms with Gasteiger partial charge in [0.25, 0.3) is 5.91 Å². The minimum Gasteiger partial charge on any atom is -0.482 e. The summed E-state index contributed by atoms with van der Waals surface area (Å²) in [5.41, 5.74) is 6.08. The van der Waals surface area contributed by atoms with E-state index in [9.17, 15) is 9.59 Å². The first-order valence-electron chi connectivity index (χ1n) is 4.96. The van der Waals surface area contributed by atoms with Gasteiger partial charge in [0.2, 0.25) is 0 Å². The minimum absolute atomic E-state index is 0.263. The van der Waals surface area contributed by atoms with E-state index in [0.29, 0.717) is 11.4 Å². The SMILES string of the molecule is CNC(=O)COC(=O)COc1cccc(N)c1. The van der Waals surface area contributed by atoms with Crippen LogP contribution in [0.4, 0.5) is 5.69 Å². The van der Waals surface area contributed by atoms with Crippen LogP contribution >= 0.6 is 0 Å². The van der Waals surface area contributed by atoms with Crippen molar-refractivity contribution >= 4 is 17.6 Å². The third-order valence-electron chi connectivity index (χ3n) is 1.86. The molecule has 0 saturated carbocycles. The second-order valence-corrected chi connectivity index (χ2v) is 3.20.